The van der Waals surface area contributed by atoms with Gasteiger partial charge >= 0.3 is 6.03 Å². The number of amides is 3. The number of aromatic nitrogens is 1. The maximum absolute atomic E-state index is 12.6. The van der Waals surface area contributed by atoms with Crippen molar-refractivity contribution in [2.45, 2.75) is 45.2 Å². The number of nitrogens with zero attached hydrogens (tertiary/aromatic N) is 2. The van der Waals surface area contributed by atoms with Crippen LogP contribution in [0.4, 0.5) is 10.5 Å². The molecule has 0 radical (unpaired) electrons. The molecule has 0 aliphatic carbocycles. The van der Waals surface area contributed by atoms with Gasteiger partial charge in [-0.1, -0.05) is 19.1 Å². The van der Waals surface area contributed by atoms with Crippen molar-refractivity contribution in [3.8, 4) is 0 Å². The number of rotatable bonds is 5. The number of carbonyl (C=O) groups is 2. The van der Waals surface area contributed by atoms with Crippen LogP contribution in [0.5, 0.6) is 0 Å². The summed E-state index contributed by atoms with van der Waals surface area (Å²) in [7, 11) is 0. The number of nitrogens with one attached hydrogen (secondary N) is 2. The molecule has 0 unspecified atom stereocenters. The Morgan fingerprint density at radius 1 is 1.11 bits per heavy atom. The van der Waals surface area contributed by atoms with Gasteiger partial charge in [0.2, 0.25) is 5.91 Å². The number of likely N-dealkylation sites (tertiary alicyclic amines) is 1. The highest BCUT2D eigenvalue weighted by Gasteiger charge is 2.24. The molecule has 2 N–H and O–H groups in total. The van der Waals surface area contributed by atoms with Gasteiger partial charge in [0, 0.05) is 43.6 Å². The van der Waals surface area contributed by atoms with Gasteiger partial charge in [-0.15, -0.1) is 0 Å². The van der Waals surface area contributed by atoms with Crippen LogP contribution in [0, 0.1) is 0 Å². The van der Waals surface area contributed by atoms with Crippen LogP contribution in [0.2, 0.25) is 0 Å². The Morgan fingerprint density at radius 2 is 1.74 bits per heavy atom. The van der Waals surface area contributed by atoms with Crippen LogP contribution >= 0.6 is 0 Å². The summed E-state index contributed by atoms with van der Waals surface area (Å²) in [4.78, 5) is 25.9. The molecule has 3 amide bonds. The molecule has 27 heavy (non-hydrogen) atoms. The van der Waals surface area contributed by atoms with Crippen LogP contribution in [0.25, 0.3) is 0 Å². The minimum absolute atomic E-state index is 0.00702. The molecule has 1 aliphatic rings. The molecule has 6 nitrogen and oxygen atoms in total. The van der Waals surface area contributed by atoms with Crippen LogP contribution in [-0.2, 0) is 4.79 Å². The number of hydrogen-bond acceptors (Lipinski definition) is 2. The summed E-state index contributed by atoms with van der Waals surface area (Å²) < 4.78 is 2.23. The molecule has 1 saturated heterocycles. The van der Waals surface area contributed by atoms with Gasteiger partial charge in [-0.25, -0.2) is 4.79 Å². The maximum atomic E-state index is 12.6. The van der Waals surface area contributed by atoms with Crippen molar-refractivity contribution in [3.05, 3.63) is 54.4 Å². The molecule has 1 atom stereocenters. The second kappa shape index (κ2) is 8.75. The molecule has 0 spiro atoms. The Bertz CT molecular complexity index is 747. The lowest BCUT2D eigenvalue weighted by Gasteiger charge is -2.33. The number of piperidine rings is 1. The van der Waals surface area contributed by atoms with Crippen molar-refractivity contribution >= 4 is 17.6 Å². The monoisotopic (exact) mass is 368 g/mol. The Kier molecular flexibility index (Phi) is 6.16. The maximum Gasteiger partial charge on any atom is 0.317 e. The fourth-order valence-corrected chi connectivity index (χ4v) is 3.42. The van der Waals surface area contributed by atoms with E-state index in [1.54, 1.807) is 0 Å². The van der Waals surface area contributed by atoms with Gasteiger partial charge in [0.15, 0.2) is 0 Å². The molecule has 1 aromatic heterocycles. The van der Waals surface area contributed by atoms with E-state index in [4.69, 9.17) is 0 Å². The quantitative estimate of drug-likeness (QED) is 0.839. The largest absolute Gasteiger partial charge is 0.351 e. The van der Waals surface area contributed by atoms with E-state index in [0.29, 0.717) is 12.5 Å². The Labute approximate surface area is 160 Å². The van der Waals surface area contributed by atoms with Gasteiger partial charge in [-0.05, 0) is 49.6 Å². The highest BCUT2D eigenvalue weighted by Crippen LogP contribution is 2.23. The molecule has 1 aliphatic heterocycles. The Balaban J connectivity index is 1.49. The molecular weight excluding hydrogens is 340 g/mol. The molecule has 0 bridgehead atoms. The van der Waals surface area contributed by atoms with E-state index in [2.05, 4.69) is 27.6 Å². The van der Waals surface area contributed by atoms with Gasteiger partial charge in [0.1, 0.15) is 0 Å². The molecule has 6 heteroatoms. The van der Waals surface area contributed by atoms with Crippen molar-refractivity contribution in [2.24, 2.45) is 0 Å². The summed E-state index contributed by atoms with van der Waals surface area (Å²) in [5.41, 5.74) is 1.79. The second-order valence-electron chi connectivity index (χ2n) is 7.04. The molecule has 1 fully saturated rings. The van der Waals surface area contributed by atoms with Gasteiger partial charge < -0.3 is 20.1 Å². The normalized spacial score (nSPS) is 16.0. The number of hydrogen-bond donors (Lipinski definition) is 2. The summed E-state index contributed by atoms with van der Waals surface area (Å²) in [6.07, 6.45) is 6.59. The fraction of sp³-hybridized carbons (Fsp3) is 0.429. The predicted octanol–water partition coefficient (Wildman–Crippen LogP) is 3.94. The molecule has 3 rings (SSSR count). The van der Waals surface area contributed by atoms with Crippen LogP contribution in [0.3, 0.4) is 0 Å². The van der Waals surface area contributed by atoms with Crippen LogP contribution in [0.1, 0.15) is 50.8 Å². The summed E-state index contributed by atoms with van der Waals surface area (Å²) >= 11 is 0. The first kappa shape index (κ1) is 19.0. The first-order valence-electron chi connectivity index (χ1n) is 9.64. The van der Waals surface area contributed by atoms with E-state index in [0.717, 1.165) is 37.2 Å². The minimum Gasteiger partial charge on any atom is -0.351 e. The SMILES string of the molecule is CCC(=O)Nc1ccc([C@H](C)NC(=O)N2CCC(n3cccc3)CC2)cc1. The molecular formula is C21H28N4O2. The van der Waals surface area contributed by atoms with Crippen molar-refractivity contribution in [3.63, 3.8) is 0 Å². The lowest BCUT2D eigenvalue weighted by atomic mass is 10.0. The second-order valence-corrected chi connectivity index (χ2v) is 7.04. The zero-order valence-corrected chi connectivity index (χ0v) is 16.0. The highest BCUT2D eigenvalue weighted by atomic mass is 16.2. The zero-order valence-electron chi connectivity index (χ0n) is 16.0. The van der Waals surface area contributed by atoms with Crippen LogP contribution in [0.15, 0.2) is 48.8 Å². The summed E-state index contributed by atoms with van der Waals surface area (Å²) in [5.74, 6) is -0.00702. The minimum atomic E-state index is -0.0874. The van der Waals surface area contributed by atoms with E-state index in [1.165, 1.54) is 0 Å². The lowest BCUT2D eigenvalue weighted by molar-refractivity contribution is -0.115. The van der Waals surface area contributed by atoms with Crippen molar-refractivity contribution in [1.82, 2.24) is 14.8 Å². The zero-order chi connectivity index (χ0) is 19.2. The van der Waals surface area contributed by atoms with E-state index in [1.807, 2.05) is 55.1 Å². The Morgan fingerprint density at radius 3 is 2.33 bits per heavy atom. The molecule has 1 aromatic carbocycles. The summed E-state index contributed by atoms with van der Waals surface area (Å²) in [6.45, 7) is 5.33. The fourth-order valence-electron chi connectivity index (χ4n) is 3.42. The first-order chi connectivity index (χ1) is 13.1. The molecule has 2 aromatic rings. The van der Waals surface area contributed by atoms with Crippen LogP contribution < -0.4 is 10.6 Å². The number of anilines is 1. The third-order valence-electron chi connectivity index (χ3n) is 5.16. The summed E-state index contributed by atoms with van der Waals surface area (Å²) in [5, 5.41) is 5.91. The van der Waals surface area contributed by atoms with Gasteiger partial charge in [0.05, 0.1) is 6.04 Å². The van der Waals surface area contributed by atoms with Crippen molar-refractivity contribution < 1.29 is 9.59 Å². The van der Waals surface area contributed by atoms with Crippen molar-refractivity contribution in [1.29, 1.82) is 0 Å². The van der Waals surface area contributed by atoms with Crippen molar-refractivity contribution in [2.75, 3.05) is 18.4 Å². The third kappa shape index (κ3) is 4.90. The number of urea groups is 1. The van der Waals surface area contributed by atoms with E-state index >= 15 is 0 Å². The van der Waals surface area contributed by atoms with Gasteiger partial charge in [-0.2, -0.15) is 0 Å². The topological polar surface area (TPSA) is 66.4 Å². The summed E-state index contributed by atoms with van der Waals surface area (Å²) in [6, 6.07) is 12.1. The average Bonchev–Trinajstić information content (AvgIpc) is 3.23. The number of carbonyl (C=O) groups excluding carboxylic acids is 2. The van der Waals surface area contributed by atoms with E-state index in [-0.39, 0.29) is 18.0 Å². The Hall–Kier alpha value is -2.76. The lowest BCUT2D eigenvalue weighted by Crippen LogP contribution is -2.45. The first-order valence-corrected chi connectivity index (χ1v) is 9.64. The highest BCUT2D eigenvalue weighted by molar-refractivity contribution is 5.90. The van der Waals surface area contributed by atoms with E-state index < -0.39 is 0 Å². The number of benzene rings is 1. The molecule has 144 valence electrons. The average molecular weight is 368 g/mol. The predicted molar refractivity (Wildman–Crippen MR) is 107 cm³/mol. The molecule has 2 heterocycles. The van der Waals surface area contributed by atoms with Crippen LogP contribution in [-0.4, -0.2) is 34.5 Å². The smallest absolute Gasteiger partial charge is 0.317 e. The van der Waals surface area contributed by atoms with Gasteiger partial charge in [-0.3, -0.25) is 4.79 Å². The van der Waals surface area contributed by atoms with E-state index in [9.17, 15) is 9.59 Å². The van der Waals surface area contributed by atoms with Gasteiger partial charge in [0.25, 0.3) is 0 Å². The third-order valence-corrected chi connectivity index (χ3v) is 5.16. The molecule has 0 saturated carbocycles. The standard InChI is InChI=1S/C21H28N4O2/c1-3-20(26)23-18-8-6-17(7-9-18)16(2)22-21(27)25-14-10-19(11-15-25)24-12-4-5-13-24/h4-9,12-13,16,19H,3,10-11,14-15H2,1-2H3,(H,22,27)(H,23,26)/t16-/m0/s1.